The predicted octanol–water partition coefficient (Wildman–Crippen LogP) is 2.13. The summed E-state index contributed by atoms with van der Waals surface area (Å²) in [6, 6.07) is -0.0201. The van der Waals surface area contributed by atoms with Crippen LogP contribution in [0, 0.1) is 0 Å². The highest BCUT2D eigenvalue weighted by atomic mass is 35.5. The van der Waals surface area contributed by atoms with Crippen LogP contribution in [0.5, 0.6) is 0 Å². The number of hydrogen-bond donors (Lipinski definition) is 2. The molecule has 4 nitrogen and oxygen atoms in total. The van der Waals surface area contributed by atoms with Crippen molar-refractivity contribution in [3.05, 3.63) is 11.1 Å². The largest absolute Gasteiger partial charge is 0.306 e. The first-order chi connectivity index (χ1) is 7.83. The molecular weight excluding hydrogens is 258 g/mol. The zero-order chi connectivity index (χ0) is 11.0. The Morgan fingerprint density at radius 2 is 2.29 bits per heavy atom. The molecule has 17 heavy (non-hydrogen) atoms. The number of nitrogens with one attached hydrogen (secondary N) is 2. The highest BCUT2D eigenvalue weighted by Gasteiger charge is 2.27. The molecule has 94 valence electrons. The number of rotatable bonds is 3. The molecular formula is C11H16ClN3OS. The van der Waals surface area contributed by atoms with E-state index in [4.69, 9.17) is 0 Å². The number of anilines is 1. The lowest BCUT2D eigenvalue weighted by molar-refractivity contribution is -0.117. The van der Waals surface area contributed by atoms with Crippen molar-refractivity contribution in [1.82, 2.24) is 10.3 Å². The Bertz CT molecular complexity index is 399. The van der Waals surface area contributed by atoms with Crippen molar-refractivity contribution in [1.29, 1.82) is 0 Å². The highest BCUT2D eigenvalue weighted by molar-refractivity contribution is 7.13. The van der Waals surface area contributed by atoms with Gasteiger partial charge in [-0.2, -0.15) is 0 Å². The monoisotopic (exact) mass is 273 g/mol. The maximum Gasteiger partial charge on any atom is 0.243 e. The van der Waals surface area contributed by atoms with Gasteiger partial charge in [0.05, 0.1) is 11.7 Å². The Labute approximate surface area is 111 Å². The van der Waals surface area contributed by atoms with Gasteiger partial charge in [-0.25, -0.2) is 4.98 Å². The van der Waals surface area contributed by atoms with Crippen LogP contribution >= 0.6 is 23.7 Å². The number of carbonyl (C=O) groups excluding carboxylic acids is 1. The Hall–Kier alpha value is -0.650. The molecule has 1 aliphatic carbocycles. The van der Waals surface area contributed by atoms with E-state index >= 15 is 0 Å². The van der Waals surface area contributed by atoms with Crippen LogP contribution in [-0.4, -0.2) is 23.5 Å². The molecule has 1 amide bonds. The normalized spacial score (nSPS) is 23.2. The minimum atomic E-state index is -0.0201. The van der Waals surface area contributed by atoms with Crippen LogP contribution in [0.25, 0.3) is 0 Å². The third kappa shape index (κ3) is 2.97. The topological polar surface area (TPSA) is 54.0 Å². The van der Waals surface area contributed by atoms with Gasteiger partial charge in [0.25, 0.3) is 0 Å². The van der Waals surface area contributed by atoms with Crippen molar-refractivity contribution in [3.8, 4) is 0 Å². The molecule has 0 bridgehead atoms. The summed E-state index contributed by atoms with van der Waals surface area (Å²) >= 11 is 1.53. The molecule has 0 aromatic carbocycles. The lowest BCUT2D eigenvalue weighted by Gasteiger charge is -2.08. The number of aromatic nitrogens is 1. The Morgan fingerprint density at radius 1 is 1.47 bits per heavy atom. The second-order valence-electron chi connectivity index (χ2n) is 4.49. The first-order valence-corrected chi connectivity index (χ1v) is 6.70. The van der Waals surface area contributed by atoms with Crippen LogP contribution in [0.15, 0.2) is 5.38 Å². The molecule has 0 unspecified atom stereocenters. The summed E-state index contributed by atoms with van der Waals surface area (Å²) in [4.78, 5) is 16.2. The van der Waals surface area contributed by atoms with Crippen LogP contribution in [0.1, 0.15) is 37.3 Å². The number of carbonyl (C=O) groups is 1. The van der Waals surface area contributed by atoms with Gasteiger partial charge in [0.1, 0.15) is 0 Å². The van der Waals surface area contributed by atoms with Gasteiger partial charge in [-0.3, -0.25) is 4.79 Å². The van der Waals surface area contributed by atoms with E-state index in [1.54, 1.807) is 0 Å². The highest BCUT2D eigenvalue weighted by Crippen LogP contribution is 2.40. The number of amides is 1. The Kier molecular flexibility index (Phi) is 4.01. The molecule has 2 aliphatic rings. The summed E-state index contributed by atoms with van der Waals surface area (Å²) in [5.41, 5.74) is 1.15. The molecule has 2 N–H and O–H groups in total. The Morgan fingerprint density at radius 3 is 2.94 bits per heavy atom. The fourth-order valence-electron chi connectivity index (χ4n) is 2.01. The molecule has 0 radical (unpaired) electrons. The summed E-state index contributed by atoms with van der Waals surface area (Å²) in [5.74, 6) is 0.723. The van der Waals surface area contributed by atoms with Crippen molar-refractivity contribution in [2.24, 2.45) is 0 Å². The van der Waals surface area contributed by atoms with E-state index in [-0.39, 0.29) is 24.4 Å². The molecule has 1 aromatic rings. The van der Waals surface area contributed by atoms with Gasteiger partial charge in [-0.05, 0) is 32.2 Å². The standard InChI is InChI=1S/C11H15N3OS.ClH/c15-10(8-2-1-5-12-8)14-11-13-9(6-16-11)7-3-4-7;/h6-8,12H,1-5H2,(H,13,14,15);1H/t8-;/m0./s1. The number of hydrogen-bond acceptors (Lipinski definition) is 4. The van der Waals surface area contributed by atoms with E-state index in [9.17, 15) is 4.79 Å². The van der Waals surface area contributed by atoms with Crippen molar-refractivity contribution in [2.75, 3.05) is 11.9 Å². The summed E-state index contributed by atoms with van der Waals surface area (Å²) in [7, 11) is 0. The van der Waals surface area contributed by atoms with Gasteiger partial charge in [0.15, 0.2) is 5.13 Å². The molecule has 6 heteroatoms. The van der Waals surface area contributed by atoms with Crippen LogP contribution in [0.2, 0.25) is 0 Å². The molecule has 3 rings (SSSR count). The predicted molar refractivity (Wildman–Crippen MR) is 71.0 cm³/mol. The molecule has 1 saturated heterocycles. The molecule has 1 aromatic heterocycles. The number of thiazole rings is 1. The van der Waals surface area contributed by atoms with Crippen molar-refractivity contribution in [2.45, 2.75) is 37.6 Å². The van der Waals surface area contributed by atoms with E-state index in [1.165, 1.54) is 24.2 Å². The summed E-state index contributed by atoms with van der Waals surface area (Å²) < 4.78 is 0. The third-order valence-electron chi connectivity index (χ3n) is 3.12. The molecule has 2 heterocycles. The van der Waals surface area contributed by atoms with Crippen LogP contribution in [0.3, 0.4) is 0 Å². The SMILES string of the molecule is Cl.O=C(Nc1nc(C2CC2)cs1)[C@@H]1CCCN1. The molecule has 1 atom stereocenters. The first kappa shape index (κ1) is 12.8. The summed E-state index contributed by atoms with van der Waals surface area (Å²) in [6.45, 7) is 0.948. The zero-order valence-electron chi connectivity index (χ0n) is 9.44. The zero-order valence-corrected chi connectivity index (χ0v) is 11.1. The van der Waals surface area contributed by atoms with Crippen molar-refractivity contribution >= 4 is 34.8 Å². The fourth-order valence-corrected chi connectivity index (χ4v) is 2.81. The fraction of sp³-hybridized carbons (Fsp3) is 0.636. The average Bonchev–Trinajstić information content (AvgIpc) is 2.82. The smallest absolute Gasteiger partial charge is 0.243 e. The third-order valence-corrected chi connectivity index (χ3v) is 3.90. The number of nitrogens with zero attached hydrogens (tertiary/aromatic N) is 1. The van der Waals surface area contributed by atoms with E-state index in [1.807, 2.05) is 0 Å². The molecule has 2 fully saturated rings. The van der Waals surface area contributed by atoms with Gasteiger partial charge >= 0.3 is 0 Å². The Balaban J connectivity index is 0.00000108. The van der Waals surface area contributed by atoms with Crippen LogP contribution < -0.4 is 10.6 Å². The van der Waals surface area contributed by atoms with E-state index in [2.05, 4.69) is 21.0 Å². The second-order valence-corrected chi connectivity index (χ2v) is 5.35. The van der Waals surface area contributed by atoms with Gasteiger partial charge in [-0.1, -0.05) is 0 Å². The molecule has 1 saturated carbocycles. The average molecular weight is 274 g/mol. The second kappa shape index (κ2) is 5.33. The minimum Gasteiger partial charge on any atom is -0.306 e. The minimum absolute atomic E-state index is 0. The first-order valence-electron chi connectivity index (χ1n) is 5.82. The molecule has 0 spiro atoms. The van der Waals surface area contributed by atoms with Crippen LogP contribution in [0.4, 0.5) is 5.13 Å². The van der Waals surface area contributed by atoms with Gasteiger partial charge in [0, 0.05) is 11.3 Å². The van der Waals surface area contributed by atoms with E-state index in [0.717, 1.165) is 30.2 Å². The quantitative estimate of drug-likeness (QED) is 0.887. The lowest BCUT2D eigenvalue weighted by Crippen LogP contribution is -2.35. The maximum atomic E-state index is 11.8. The van der Waals surface area contributed by atoms with Crippen molar-refractivity contribution in [3.63, 3.8) is 0 Å². The van der Waals surface area contributed by atoms with Gasteiger partial charge in [0.2, 0.25) is 5.91 Å². The van der Waals surface area contributed by atoms with Crippen molar-refractivity contribution < 1.29 is 4.79 Å². The van der Waals surface area contributed by atoms with Gasteiger partial charge < -0.3 is 10.6 Å². The van der Waals surface area contributed by atoms with E-state index in [0.29, 0.717) is 5.92 Å². The summed E-state index contributed by atoms with van der Waals surface area (Å²) in [5, 5.41) is 8.89. The maximum absolute atomic E-state index is 11.8. The molecule has 1 aliphatic heterocycles. The lowest BCUT2D eigenvalue weighted by atomic mass is 10.2. The van der Waals surface area contributed by atoms with Crippen LogP contribution in [-0.2, 0) is 4.79 Å². The number of halogens is 1. The summed E-state index contributed by atoms with van der Waals surface area (Å²) in [6.07, 6.45) is 4.53. The van der Waals surface area contributed by atoms with E-state index < -0.39 is 0 Å². The van der Waals surface area contributed by atoms with Gasteiger partial charge in [-0.15, -0.1) is 23.7 Å².